The SMILES string of the molecule is CN1C(=O)CN(c2ccccc2)C1(C)C. The van der Waals surface area contributed by atoms with Gasteiger partial charge in [0.1, 0.15) is 5.66 Å². The molecule has 3 heteroatoms. The minimum atomic E-state index is -0.238. The highest BCUT2D eigenvalue weighted by Gasteiger charge is 2.41. The summed E-state index contributed by atoms with van der Waals surface area (Å²) < 4.78 is 0. The van der Waals surface area contributed by atoms with E-state index in [-0.39, 0.29) is 11.6 Å². The van der Waals surface area contributed by atoms with Gasteiger partial charge in [-0.15, -0.1) is 0 Å². The molecule has 0 unspecified atom stereocenters. The van der Waals surface area contributed by atoms with Crippen LogP contribution in [-0.2, 0) is 4.79 Å². The molecule has 1 amide bonds. The van der Waals surface area contributed by atoms with E-state index in [9.17, 15) is 4.79 Å². The second kappa shape index (κ2) is 3.26. The van der Waals surface area contributed by atoms with Crippen LogP contribution in [0.15, 0.2) is 30.3 Å². The number of hydrogen-bond acceptors (Lipinski definition) is 2. The van der Waals surface area contributed by atoms with Gasteiger partial charge in [-0.05, 0) is 26.0 Å². The standard InChI is InChI=1S/C12H16N2O/c1-12(2)13(3)11(15)9-14(12)10-7-5-4-6-8-10/h4-8H,9H2,1-3H3. The van der Waals surface area contributed by atoms with Crippen molar-refractivity contribution in [3.8, 4) is 0 Å². The highest BCUT2D eigenvalue weighted by atomic mass is 16.2. The first-order valence-corrected chi connectivity index (χ1v) is 5.13. The summed E-state index contributed by atoms with van der Waals surface area (Å²) in [6.45, 7) is 4.59. The molecule has 80 valence electrons. The Bertz CT molecular complexity index is 372. The number of likely N-dealkylation sites (N-methyl/N-ethyl adjacent to an activating group) is 1. The number of carbonyl (C=O) groups is 1. The molecule has 0 saturated carbocycles. The summed E-state index contributed by atoms with van der Waals surface area (Å²) in [4.78, 5) is 15.6. The van der Waals surface area contributed by atoms with E-state index in [4.69, 9.17) is 0 Å². The van der Waals surface area contributed by atoms with Gasteiger partial charge in [-0.25, -0.2) is 0 Å². The van der Waals surface area contributed by atoms with E-state index in [0.717, 1.165) is 5.69 Å². The van der Waals surface area contributed by atoms with Gasteiger partial charge >= 0.3 is 0 Å². The van der Waals surface area contributed by atoms with Gasteiger partial charge in [0.25, 0.3) is 0 Å². The number of amides is 1. The summed E-state index contributed by atoms with van der Waals surface area (Å²) in [5, 5.41) is 0. The summed E-state index contributed by atoms with van der Waals surface area (Å²) in [5.74, 6) is 0.170. The Morgan fingerprint density at radius 1 is 1.20 bits per heavy atom. The molecule has 1 aliphatic heterocycles. The fraction of sp³-hybridized carbons (Fsp3) is 0.417. The number of rotatable bonds is 1. The molecule has 0 N–H and O–H groups in total. The van der Waals surface area contributed by atoms with Crippen LogP contribution in [-0.4, -0.2) is 30.1 Å². The third-order valence-electron chi connectivity index (χ3n) is 3.22. The average molecular weight is 204 g/mol. The highest BCUT2D eigenvalue weighted by molar-refractivity contribution is 5.86. The van der Waals surface area contributed by atoms with Gasteiger partial charge in [0.2, 0.25) is 5.91 Å². The number of carbonyl (C=O) groups excluding carboxylic acids is 1. The van der Waals surface area contributed by atoms with Gasteiger partial charge in [0, 0.05) is 12.7 Å². The van der Waals surface area contributed by atoms with Crippen LogP contribution in [0.4, 0.5) is 5.69 Å². The van der Waals surface area contributed by atoms with E-state index in [1.54, 1.807) is 4.90 Å². The molecule has 0 atom stereocenters. The second-order valence-corrected chi connectivity index (χ2v) is 4.37. The Kier molecular flexibility index (Phi) is 2.18. The molecule has 15 heavy (non-hydrogen) atoms. The van der Waals surface area contributed by atoms with Crippen LogP contribution in [0, 0.1) is 0 Å². The lowest BCUT2D eigenvalue weighted by atomic mass is 10.2. The first kappa shape index (κ1) is 10.0. The van der Waals surface area contributed by atoms with E-state index in [0.29, 0.717) is 6.54 Å². The van der Waals surface area contributed by atoms with E-state index in [1.807, 2.05) is 37.4 Å². The number of benzene rings is 1. The summed E-state index contributed by atoms with van der Waals surface area (Å²) >= 11 is 0. The minimum Gasteiger partial charge on any atom is -0.340 e. The van der Waals surface area contributed by atoms with Gasteiger partial charge in [0.15, 0.2) is 0 Å². The van der Waals surface area contributed by atoms with Gasteiger partial charge in [-0.2, -0.15) is 0 Å². The molecule has 1 fully saturated rings. The molecule has 0 bridgehead atoms. The maximum atomic E-state index is 11.7. The van der Waals surface area contributed by atoms with Crippen molar-refractivity contribution in [1.82, 2.24) is 4.90 Å². The minimum absolute atomic E-state index is 0.170. The molecule has 1 aliphatic rings. The zero-order valence-electron chi connectivity index (χ0n) is 9.40. The summed E-state index contributed by atoms with van der Waals surface area (Å²) in [7, 11) is 1.85. The normalized spacial score (nSPS) is 19.8. The smallest absolute Gasteiger partial charge is 0.243 e. The van der Waals surface area contributed by atoms with Gasteiger partial charge in [0.05, 0.1) is 6.54 Å². The molecule has 2 rings (SSSR count). The zero-order chi connectivity index (χ0) is 11.1. The molecule has 1 aromatic rings. The van der Waals surface area contributed by atoms with Crippen molar-refractivity contribution in [1.29, 1.82) is 0 Å². The predicted molar refractivity (Wildman–Crippen MR) is 60.6 cm³/mol. The van der Waals surface area contributed by atoms with Crippen LogP contribution < -0.4 is 4.90 Å². The van der Waals surface area contributed by atoms with Crippen molar-refractivity contribution in [2.75, 3.05) is 18.5 Å². The number of nitrogens with zero attached hydrogens (tertiary/aromatic N) is 2. The Hall–Kier alpha value is -1.51. The van der Waals surface area contributed by atoms with Crippen LogP contribution in [0.1, 0.15) is 13.8 Å². The molecule has 3 nitrogen and oxygen atoms in total. The van der Waals surface area contributed by atoms with E-state index in [1.165, 1.54) is 0 Å². The van der Waals surface area contributed by atoms with Crippen LogP contribution >= 0.6 is 0 Å². The third-order valence-corrected chi connectivity index (χ3v) is 3.22. The monoisotopic (exact) mass is 204 g/mol. The first-order chi connectivity index (χ1) is 7.03. The van der Waals surface area contributed by atoms with Crippen molar-refractivity contribution >= 4 is 11.6 Å². The second-order valence-electron chi connectivity index (χ2n) is 4.37. The average Bonchev–Trinajstić information content (AvgIpc) is 2.43. The van der Waals surface area contributed by atoms with Gasteiger partial charge < -0.3 is 9.80 Å². The topological polar surface area (TPSA) is 23.6 Å². The molecular formula is C12H16N2O. The highest BCUT2D eigenvalue weighted by Crippen LogP contribution is 2.30. The van der Waals surface area contributed by atoms with Crippen LogP contribution in [0.3, 0.4) is 0 Å². The largest absolute Gasteiger partial charge is 0.340 e. The fourth-order valence-corrected chi connectivity index (χ4v) is 1.94. The maximum Gasteiger partial charge on any atom is 0.243 e. The van der Waals surface area contributed by atoms with Crippen LogP contribution in [0.2, 0.25) is 0 Å². The molecule has 1 heterocycles. The summed E-state index contributed by atoms with van der Waals surface area (Å²) in [5.41, 5.74) is 0.860. The van der Waals surface area contributed by atoms with E-state index < -0.39 is 0 Å². The zero-order valence-corrected chi connectivity index (χ0v) is 9.40. The first-order valence-electron chi connectivity index (χ1n) is 5.13. The molecule has 0 spiro atoms. The van der Waals surface area contributed by atoms with Crippen molar-refractivity contribution in [2.24, 2.45) is 0 Å². The Balaban J connectivity index is 2.36. The van der Waals surface area contributed by atoms with E-state index in [2.05, 4.69) is 18.7 Å². The number of para-hydroxylation sites is 1. The molecule has 1 saturated heterocycles. The van der Waals surface area contributed by atoms with Crippen LogP contribution in [0.5, 0.6) is 0 Å². The maximum absolute atomic E-state index is 11.7. The quantitative estimate of drug-likeness (QED) is 0.695. The number of hydrogen-bond donors (Lipinski definition) is 0. The van der Waals surface area contributed by atoms with Gasteiger partial charge in [-0.1, -0.05) is 18.2 Å². The Morgan fingerprint density at radius 3 is 2.27 bits per heavy atom. The lowest BCUT2D eigenvalue weighted by Gasteiger charge is -2.36. The number of anilines is 1. The van der Waals surface area contributed by atoms with E-state index >= 15 is 0 Å². The summed E-state index contributed by atoms with van der Waals surface area (Å²) in [6, 6.07) is 10.0. The fourth-order valence-electron chi connectivity index (χ4n) is 1.94. The van der Waals surface area contributed by atoms with Crippen molar-refractivity contribution in [3.63, 3.8) is 0 Å². The molecule has 0 aromatic heterocycles. The Labute approximate surface area is 90.3 Å². The van der Waals surface area contributed by atoms with Crippen LogP contribution in [0.25, 0.3) is 0 Å². The molecular weight excluding hydrogens is 188 g/mol. The van der Waals surface area contributed by atoms with Gasteiger partial charge in [-0.3, -0.25) is 4.79 Å². The molecule has 1 aromatic carbocycles. The molecule has 0 radical (unpaired) electrons. The lowest BCUT2D eigenvalue weighted by Crippen LogP contribution is -2.47. The summed E-state index contributed by atoms with van der Waals surface area (Å²) in [6.07, 6.45) is 0. The third kappa shape index (κ3) is 1.48. The van der Waals surface area contributed by atoms with Crippen molar-refractivity contribution in [3.05, 3.63) is 30.3 Å². The van der Waals surface area contributed by atoms with Crippen molar-refractivity contribution in [2.45, 2.75) is 19.5 Å². The lowest BCUT2D eigenvalue weighted by molar-refractivity contribution is -0.128. The molecule has 0 aliphatic carbocycles. The van der Waals surface area contributed by atoms with Crippen molar-refractivity contribution < 1.29 is 4.79 Å². The predicted octanol–water partition coefficient (Wildman–Crippen LogP) is 1.70. The Morgan fingerprint density at radius 2 is 1.80 bits per heavy atom.